The maximum absolute atomic E-state index is 12.4. The zero-order chi connectivity index (χ0) is 20.4. The molecule has 0 saturated heterocycles. The first-order valence-electron chi connectivity index (χ1n) is 9.41. The first-order chi connectivity index (χ1) is 14.2. The Balaban J connectivity index is 2.01. The summed E-state index contributed by atoms with van der Waals surface area (Å²) in [6.07, 6.45) is 2.05. The van der Waals surface area contributed by atoms with Crippen LogP contribution in [0.5, 0.6) is 5.75 Å². The van der Waals surface area contributed by atoms with Gasteiger partial charge in [-0.05, 0) is 18.6 Å². The Morgan fingerprint density at radius 1 is 1.03 bits per heavy atom. The van der Waals surface area contributed by atoms with E-state index in [1.807, 2.05) is 55.6 Å². The third-order valence-electron chi connectivity index (χ3n) is 4.86. The smallest absolute Gasteiger partial charge is 0.269 e. The molecule has 0 aliphatic rings. The van der Waals surface area contributed by atoms with E-state index in [0.29, 0.717) is 12.1 Å². The Kier molecular flexibility index (Phi) is 5.14. The quantitative estimate of drug-likeness (QED) is 0.501. The number of rotatable bonds is 6. The summed E-state index contributed by atoms with van der Waals surface area (Å²) >= 11 is 0. The van der Waals surface area contributed by atoms with Gasteiger partial charge in [0.15, 0.2) is 6.23 Å². The Hall–Kier alpha value is -3.45. The highest BCUT2D eigenvalue weighted by Gasteiger charge is 2.20. The van der Waals surface area contributed by atoms with Crippen molar-refractivity contribution in [3.8, 4) is 28.3 Å². The number of hydrogen-bond acceptors (Lipinski definition) is 5. The van der Waals surface area contributed by atoms with E-state index in [2.05, 4.69) is 5.10 Å². The van der Waals surface area contributed by atoms with Gasteiger partial charge in [0.25, 0.3) is 5.56 Å². The summed E-state index contributed by atoms with van der Waals surface area (Å²) in [6.45, 7) is 1.95. The number of nitrogens with zero attached hydrogens (tertiary/aromatic N) is 4. The fourth-order valence-corrected chi connectivity index (χ4v) is 3.41. The van der Waals surface area contributed by atoms with Crippen molar-refractivity contribution < 1.29 is 9.47 Å². The minimum Gasteiger partial charge on any atom is -0.497 e. The van der Waals surface area contributed by atoms with Crippen LogP contribution in [0.15, 0.2) is 65.6 Å². The van der Waals surface area contributed by atoms with Gasteiger partial charge in [-0.25, -0.2) is 9.20 Å². The standard InChI is InChI=1S/C22H22N4O3/c1-4-20(29-3)26-19(27)11-10-17(23-26)21-18-14-16(28-2)12-13-25(18)24-22(21)15-8-6-5-7-9-15/h5-14,20H,4H2,1-3H3. The van der Waals surface area contributed by atoms with E-state index >= 15 is 0 Å². The lowest BCUT2D eigenvalue weighted by molar-refractivity contribution is 0.0271. The minimum atomic E-state index is -0.431. The number of ether oxygens (including phenoxy) is 2. The van der Waals surface area contributed by atoms with Crippen LogP contribution in [0.1, 0.15) is 19.6 Å². The molecule has 1 unspecified atom stereocenters. The molecule has 0 aliphatic heterocycles. The zero-order valence-electron chi connectivity index (χ0n) is 16.6. The van der Waals surface area contributed by atoms with Gasteiger partial charge in [-0.15, -0.1) is 0 Å². The van der Waals surface area contributed by atoms with Crippen LogP contribution >= 0.6 is 0 Å². The first-order valence-corrected chi connectivity index (χ1v) is 9.41. The van der Waals surface area contributed by atoms with Crippen LogP contribution < -0.4 is 10.3 Å². The van der Waals surface area contributed by atoms with E-state index in [1.165, 1.54) is 10.7 Å². The summed E-state index contributed by atoms with van der Waals surface area (Å²) in [6, 6.07) is 16.9. The van der Waals surface area contributed by atoms with Crippen molar-refractivity contribution in [3.63, 3.8) is 0 Å². The van der Waals surface area contributed by atoms with E-state index in [9.17, 15) is 4.79 Å². The van der Waals surface area contributed by atoms with E-state index in [-0.39, 0.29) is 5.56 Å². The summed E-state index contributed by atoms with van der Waals surface area (Å²) in [4.78, 5) is 12.4. The monoisotopic (exact) mass is 390 g/mol. The highest BCUT2D eigenvalue weighted by atomic mass is 16.5. The van der Waals surface area contributed by atoms with Gasteiger partial charge in [-0.2, -0.15) is 10.2 Å². The normalized spacial score (nSPS) is 12.2. The summed E-state index contributed by atoms with van der Waals surface area (Å²) < 4.78 is 14.0. The Morgan fingerprint density at radius 3 is 2.52 bits per heavy atom. The second-order valence-electron chi connectivity index (χ2n) is 6.59. The molecule has 7 heteroatoms. The molecule has 0 amide bonds. The predicted octanol–water partition coefficient (Wildman–Crippen LogP) is 3.79. The van der Waals surface area contributed by atoms with E-state index < -0.39 is 6.23 Å². The van der Waals surface area contributed by atoms with Crippen molar-refractivity contribution >= 4 is 5.52 Å². The SMILES string of the molecule is CCC(OC)n1nc(-c2c(-c3ccccc3)nn3ccc(OC)cc23)ccc1=O. The second kappa shape index (κ2) is 7.89. The number of methoxy groups -OCH3 is 2. The number of aromatic nitrogens is 4. The van der Waals surface area contributed by atoms with Gasteiger partial charge < -0.3 is 9.47 Å². The van der Waals surface area contributed by atoms with Gasteiger partial charge in [0, 0.05) is 31.0 Å². The van der Waals surface area contributed by atoms with Gasteiger partial charge in [-0.1, -0.05) is 37.3 Å². The highest BCUT2D eigenvalue weighted by Crippen LogP contribution is 2.35. The van der Waals surface area contributed by atoms with Crippen LogP contribution in [0.25, 0.3) is 28.0 Å². The topological polar surface area (TPSA) is 70.7 Å². The van der Waals surface area contributed by atoms with Gasteiger partial charge >= 0.3 is 0 Å². The molecule has 29 heavy (non-hydrogen) atoms. The summed E-state index contributed by atoms with van der Waals surface area (Å²) in [5.41, 5.74) is 3.84. The third-order valence-corrected chi connectivity index (χ3v) is 4.86. The van der Waals surface area contributed by atoms with Crippen LogP contribution in [-0.4, -0.2) is 33.6 Å². The van der Waals surface area contributed by atoms with Crippen LogP contribution in [0.4, 0.5) is 0 Å². The largest absolute Gasteiger partial charge is 0.497 e. The van der Waals surface area contributed by atoms with Gasteiger partial charge in [0.1, 0.15) is 11.4 Å². The van der Waals surface area contributed by atoms with Gasteiger partial charge in [0.05, 0.1) is 23.9 Å². The summed E-state index contributed by atoms with van der Waals surface area (Å²) in [7, 11) is 3.20. The molecule has 0 radical (unpaired) electrons. The summed E-state index contributed by atoms with van der Waals surface area (Å²) in [5, 5.41) is 9.41. The molecule has 0 fully saturated rings. The van der Waals surface area contributed by atoms with Crippen molar-refractivity contribution in [2.45, 2.75) is 19.6 Å². The van der Waals surface area contributed by atoms with Crippen molar-refractivity contribution in [1.82, 2.24) is 19.4 Å². The average molecular weight is 390 g/mol. The molecule has 1 atom stereocenters. The summed E-state index contributed by atoms with van der Waals surface area (Å²) in [5.74, 6) is 0.718. The molecular formula is C22H22N4O3. The molecule has 0 saturated carbocycles. The molecule has 0 N–H and O–H groups in total. The Bertz CT molecular complexity index is 1190. The fraction of sp³-hybridized carbons (Fsp3) is 0.227. The van der Waals surface area contributed by atoms with Crippen molar-refractivity contribution in [2.75, 3.05) is 14.2 Å². The molecule has 148 valence electrons. The van der Waals surface area contributed by atoms with E-state index in [1.54, 1.807) is 24.8 Å². The van der Waals surface area contributed by atoms with E-state index in [0.717, 1.165) is 28.1 Å². The maximum atomic E-state index is 12.4. The number of hydrogen-bond donors (Lipinski definition) is 0. The van der Waals surface area contributed by atoms with Crippen LogP contribution in [0.3, 0.4) is 0 Å². The lowest BCUT2D eigenvalue weighted by atomic mass is 10.0. The van der Waals surface area contributed by atoms with Gasteiger partial charge in [-0.3, -0.25) is 4.79 Å². The number of pyridine rings is 1. The van der Waals surface area contributed by atoms with Gasteiger partial charge in [0.2, 0.25) is 0 Å². The maximum Gasteiger partial charge on any atom is 0.269 e. The fourth-order valence-electron chi connectivity index (χ4n) is 3.41. The first kappa shape index (κ1) is 18.9. The molecule has 4 rings (SSSR count). The highest BCUT2D eigenvalue weighted by molar-refractivity contribution is 5.91. The molecule has 0 bridgehead atoms. The lowest BCUT2D eigenvalue weighted by Crippen LogP contribution is -2.27. The molecular weight excluding hydrogens is 368 g/mol. The zero-order valence-corrected chi connectivity index (χ0v) is 16.6. The molecule has 4 aromatic rings. The van der Waals surface area contributed by atoms with Crippen LogP contribution in [-0.2, 0) is 4.74 Å². The van der Waals surface area contributed by atoms with Crippen molar-refractivity contribution in [2.24, 2.45) is 0 Å². The lowest BCUT2D eigenvalue weighted by Gasteiger charge is -2.16. The molecule has 1 aromatic carbocycles. The molecule has 0 aliphatic carbocycles. The Labute approximate surface area is 168 Å². The Morgan fingerprint density at radius 2 is 1.83 bits per heavy atom. The molecule has 0 spiro atoms. The molecule has 3 aromatic heterocycles. The predicted molar refractivity (Wildman–Crippen MR) is 111 cm³/mol. The minimum absolute atomic E-state index is 0.210. The van der Waals surface area contributed by atoms with Crippen molar-refractivity contribution in [1.29, 1.82) is 0 Å². The number of benzene rings is 1. The number of fused-ring (bicyclic) bond motifs is 1. The van der Waals surface area contributed by atoms with Crippen molar-refractivity contribution in [3.05, 3.63) is 71.1 Å². The van der Waals surface area contributed by atoms with Crippen LogP contribution in [0, 0.1) is 0 Å². The molecule has 3 heterocycles. The van der Waals surface area contributed by atoms with E-state index in [4.69, 9.17) is 14.6 Å². The average Bonchev–Trinajstić information content (AvgIpc) is 3.15. The third kappa shape index (κ3) is 3.40. The molecule has 7 nitrogen and oxygen atoms in total. The second-order valence-corrected chi connectivity index (χ2v) is 6.59. The van der Waals surface area contributed by atoms with Crippen LogP contribution in [0.2, 0.25) is 0 Å².